The average molecular weight is 546 g/mol. The largest absolute Gasteiger partial charge is 0.493 e. The molecular formula is C24H24BrN3O5S. The lowest BCUT2D eigenvalue weighted by Crippen LogP contribution is -2.29. The van der Waals surface area contributed by atoms with Crippen molar-refractivity contribution in [3.05, 3.63) is 87.9 Å². The van der Waals surface area contributed by atoms with Crippen LogP contribution in [-0.2, 0) is 16.6 Å². The van der Waals surface area contributed by atoms with Crippen LogP contribution in [0.25, 0.3) is 0 Å². The molecule has 3 rings (SSSR count). The summed E-state index contributed by atoms with van der Waals surface area (Å²) in [6.45, 7) is 0.191. The number of ether oxygens (including phenoxy) is 2. The van der Waals surface area contributed by atoms with Crippen LogP contribution >= 0.6 is 15.9 Å². The van der Waals surface area contributed by atoms with E-state index >= 15 is 0 Å². The highest BCUT2D eigenvalue weighted by molar-refractivity contribution is 9.10. The number of halogens is 1. The van der Waals surface area contributed by atoms with Crippen LogP contribution in [0.4, 0.5) is 5.69 Å². The zero-order valence-electron chi connectivity index (χ0n) is 18.9. The number of nitrogens with one attached hydrogen (secondary N) is 1. The van der Waals surface area contributed by atoms with E-state index in [2.05, 4.69) is 26.5 Å². The Kier molecular flexibility index (Phi) is 8.30. The summed E-state index contributed by atoms with van der Waals surface area (Å²) in [6, 6.07) is 19.1. The van der Waals surface area contributed by atoms with Crippen molar-refractivity contribution < 1.29 is 22.7 Å². The van der Waals surface area contributed by atoms with Gasteiger partial charge in [0, 0.05) is 5.56 Å². The summed E-state index contributed by atoms with van der Waals surface area (Å²) in [4.78, 5) is 12.5. The topological polar surface area (TPSA) is 97.3 Å². The summed E-state index contributed by atoms with van der Waals surface area (Å²) in [5.41, 5.74) is 4.80. The molecule has 0 unspecified atom stereocenters. The van der Waals surface area contributed by atoms with Crippen molar-refractivity contribution in [1.82, 2.24) is 5.43 Å². The minimum Gasteiger partial charge on any atom is -0.493 e. The molecule has 0 aliphatic carbocycles. The molecular weight excluding hydrogens is 522 g/mol. The smallest absolute Gasteiger partial charge is 0.271 e. The molecule has 10 heteroatoms. The van der Waals surface area contributed by atoms with Gasteiger partial charge >= 0.3 is 0 Å². The second-order valence-electron chi connectivity index (χ2n) is 7.24. The van der Waals surface area contributed by atoms with Gasteiger partial charge in [0.2, 0.25) is 10.0 Å². The number of benzene rings is 3. The number of hydrogen-bond acceptors (Lipinski definition) is 6. The molecule has 0 radical (unpaired) electrons. The zero-order chi connectivity index (χ0) is 24.7. The summed E-state index contributed by atoms with van der Waals surface area (Å²) in [5.74, 6) is 0.640. The van der Waals surface area contributed by atoms with Crippen molar-refractivity contribution in [1.29, 1.82) is 0 Å². The Morgan fingerprint density at radius 3 is 2.32 bits per heavy atom. The van der Waals surface area contributed by atoms with Crippen LogP contribution in [0.5, 0.6) is 11.5 Å². The highest BCUT2D eigenvalue weighted by Gasteiger charge is 2.18. The summed E-state index contributed by atoms with van der Waals surface area (Å²) in [7, 11) is -0.453. The average Bonchev–Trinajstić information content (AvgIpc) is 2.82. The maximum atomic E-state index is 12.5. The lowest BCUT2D eigenvalue weighted by Gasteiger charge is -2.22. The molecule has 3 aromatic rings. The van der Waals surface area contributed by atoms with Crippen LogP contribution in [0.3, 0.4) is 0 Å². The van der Waals surface area contributed by atoms with E-state index in [4.69, 9.17) is 9.47 Å². The number of amides is 1. The van der Waals surface area contributed by atoms with Crippen molar-refractivity contribution >= 4 is 43.8 Å². The Hall–Kier alpha value is -3.37. The molecule has 0 saturated heterocycles. The Bertz CT molecular complexity index is 1280. The molecule has 34 heavy (non-hydrogen) atoms. The van der Waals surface area contributed by atoms with Crippen molar-refractivity contribution in [3.8, 4) is 11.5 Å². The van der Waals surface area contributed by atoms with Gasteiger partial charge in [-0.2, -0.15) is 5.10 Å². The van der Waals surface area contributed by atoms with Gasteiger partial charge < -0.3 is 9.47 Å². The van der Waals surface area contributed by atoms with Crippen LogP contribution in [0, 0.1) is 0 Å². The lowest BCUT2D eigenvalue weighted by atomic mass is 10.2. The van der Waals surface area contributed by atoms with Gasteiger partial charge in [0.1, 0.15) is 0 Å². The summed E-state index contributed by atoms with van der Waals surface area (Å²) >= 11 is 3.41. The molecule has 0 heterocycles. The number of methoxy groups -OCH3 is 2. The van der Waals surface area contributed by atoms with Crippen molar-refractivity contribution in [2.75, 3.05) is 24.8 Å². The molecule has 3 aromatic carbocycles. The van der Waals surface area contributed by atoms with Gasteiger partial charge in [0.05, 0.1) is 43.4 Å². The van der Waals surface area contributed by atoms with Gasteiger partial charge in [-0.05, 0) is 63.5 Å². The fourth-order valence-electron chi connectivity index (χ4n) is 3.17. The third-order valence-corrected chi connectivity index (χ3v) is 6.55. The molecule has 0 saturated carbocycles. The van der Waals surface area contributed by atoms with Crippen LogP contribution in [0.15, 0.2) is 76.3 Å². The Labute approximate surface area is 207 Å². The van der Waals surface area contributed by atoms with Gasteiger partial charge in [0.25, 0.3) is 5.91 Å². The first-order valence-corrected chi connectivity index (χ1v) is 12.7. The first kappa shape index (κ1) is 25.3. The van der Waals surface area contributed by atoms with Crippen LogP contribution in [-0.4, -0.2) is 41.0 Å². The lowest BCUT2D eigenvalue weighted by molar-refractivity contribution is 0.0955. The van der Waals surface area contributed by atoms with Crippen LogP contribution < -0.4 is 19.2 Å². The van der Waals surface area contributed by atoms with Crippen molar-refractivity contribution in [2.24, 2.45) is 5.10 Å². The van der Waals surface area contributed by atoms with E-state index in [0.29, 0.717) is 32.8 Å². The molecule has 1 amide bonds. The molecule has 0 atom stereocenters. The van der Waals surface area contributed by atoms with Gasteiger partial charge in [-0.1, -0.05) is 30.3 Å². The van der Waals surface area contributed by atoms with E-state index in [1.165, 1.54) is 17.6 Å². The van der Waals surface area contributed by atoms with Crippen LogP contribution in [0.2, 0.25) is 0 Å². The molecule has 178 valence electrons. The van der Waals surface area contributed by atoms with E-state index < -0.39 is 15.9 Å². The normalized spacial score (nSPS) is 11.3. The van der Waals surface area contributed by atoms with Crippen molar-refractivity contribution in [2.45, 2.75) is 6.54 Å². The minimum absolute atomic E-state index is 0.191. The molecule has 1 N–H and O–H groups in total. The third kappa shape index (κ3) is 6.36. The molecule has 0 aliphatic rings. The highest BCUT2D eigenvalue weighted by atomic mass is 79.9. The van der Waals surface area contributed by atoms with E-state index in [-0.39, 0.29) is 6.54 Å². The second kappa shape index (κ2) is 11.2. The summed E-state index contributed by atoms with van der Waals surface area (Å²) in [5, 5.41) is 3.99. The molecule has 0 bridgehead atoms. The predicted octanol–water partition coefficient (Wildman–Crippen LogP) is 4.20. The fraction of sp³-hybridized carbons (Fsp3) is 0.167. The van der Waals surface area contributed by atoms with Gasteiger partial charge in [0.15, 0.2) is 11.5 Å². The molecule has 8 nitrogen and oxygen atoms in total. The second-order valence-corrected chi connectivity index (χ2v) is 10.0. The van der Waals surface area contributed by atoms with Gasteiger partial charge in [-0.15, -0.1) is 0 Å². The molecule has 0 spiro atoms. The Morgan fingerprint density at radius 1 is 1.06 bits per heavy atom. The monoisotopic (exact) mass is 545 g/mol. The van der Waals surface area contributed by atoms with E-state index in [1.807, 2.05) is 30.3 Å². The summed E-state index contributed by atoms with van der Waals surface area (Å²) < 4.78 is 37.2. The number of sulfonamides is 1. The number of hydrazone groups is 1. The van der Waals surface area contributed by atoms with Crippen LogP contribution in [0.1, 0.15) is 21.5 Å². The highest BCUT2D eigenvalue weighted by Crippen LogP contribution is 2.35. The standard InChI is InChI=1S/C24H24BrN3O5S/c1-32-22-14-18(13-21(25)23(22)33-2)15-26-27-24(29)19-9-11-20(12-10-19)28(34(3,30)31)16-17-7-5-4-6-8-17/h4-15H,16H2,1-3H3,(H,27,29)/b26-15-. The third-order valence-electron chi connectivity index (χ3n) is 4.82. The first-order chi connectivity index (χ1) is 16.2. The number of hydrogen-bond donors (Lipinski definition) is 1. The maximum absolute atomic E-state index is 12.5. The Morgan fingerprint density at radius 2 is 1.74 bits per heavy atom. The first-order valence-electron chi connectivity index (χ1n) is 10.1. The van der Waals surface area contributed by atoms with E-state index in [1.54, 1.807) is 43.5 Å². The number of nitrogens with zero attached hydrogens (tertiary/aromatic N) is 2. The quantitative estimate of drug-likeness (QED) is 0.321. The molecule has 0 fully saturated rings. The minimum atomic E-state index is -3.52. The van der Waals surface area contributed by atoms with Gasteiger partial charge in [-0.3, -0.25) is 9.10 Å². The van der Waals surface area contributed by atoms with E-state index in [9.17, 15) is 13.2 Å². The van der Waals surface area contributed by atoms with Crippen molar-refractivity contribution in [3.63, 3.8) is 0 Å². The Balaban J connectivity index is 1.71. The molecule has 0 aliphatic heterocycles. The van der Waals surface area contributed by atoms with E-state index in [0.717, 1.165) is 11.8 Å². The predicted molar refractivity (Wildman–Crippen MR) is 136 cm³/mol. The molecule has 0 aromatic heterocycles. The van der Waals surface area contributed by atoms with Gasteiger partial charge in [-0.25, -0.2) is 13.8 Å². The summed E-state index contributed by atoms with van der Waals surface area (Å²) in [6.07, 6.45) is 2.63. The number of anilines is 1. The maximum Gasteiger partial charge on any atom is 0.271 e. The number of rotatable bonds is 9. The number of carbonyl (C=O) groups excluding carboxylic acids is 1. The zero-order valence-corrected chi connectivity index (χ0v) is 21.3. The fourth-order valence-corrected chi connectivity index (χ4v) is 4.68. The SMILES string of the molecule is COc1cc(/C=N\NC(=O)c2ccc(N(Cc3ccccc3)S(C)(=O)=O)cc2)cc(Br)c1OC. The number of carbonyl (C=O) groups is 1.